The van der Waals surface area contributed by atoms with Crippen molar-refractivity contribution in [2.24, 2.45) is 0 Å². The molecule has 0 radical (unpaired) electrons. The topological polar surface area (TPSA) is 38.3 Å². The Kier molecular flexibility index (Phi) is 4.39. The van der Waals surface area contributed by atoms with Crippen molar-refractivity contribution in [2.45, 2.75) is 38.7 Å². The summed E-state index contributed by atoms with van der Waals surface area (Å²) in [5, 5.41) is 0. The number of hydrogen-bond acceptors (Lipinski definition) is 2. The molecule has 17 heavy (non-hydrogen) atoms. The number of halogens is 1. The van der Waals surface area contributed by atoms with E-state index in [2.05, 4.69) is 28.1 Å². The molecule has 1 aliphatic carbocycles. The van der Waals surface area contributed by atoms with Crippen molar-refractivity contribution in [3.8, 4) is 0 Å². The molecule has 0 atom stereocenters. The van der Waals surface area contributed by atoms with Crippen LogP contribution in [0, 0.1) is 10.5 Å². The van der Waals surface area contributed by atoms with Crippen molar-refractivity contribution in [1.82, 2.24) is 5.48 Å². The Morgan fingerprint density at radius 3 is 2.82 bits per heavy atom. The first-order valence-corrected chi connectivity index (χ1v) is 6.97. The molecule has 0 aliphatic heterocycles. The van der Waals surface area contributed by atoms with Gasteiger partial charge in [-0.05, 0) is 54.0 Å². The van der Waals surface area contributed by atoms with Crippen LogP contribution in [0.25, 0.3) is 0 Å². The Morgan fingerprint density at radius 2 is 2.12 bits per heavy atom. The van der Waals surface area contributed by atoms with Gasteiger partial charge >= 0.3 is 0 Å². The molecule has 1 fully saturated rings. The smallest absolute Gasteiger partial charge is 0.270 e. The lowest BCUT2D eigenvalue weighted by Crippen LogP contribution is -2.29. The molecule has 1 aliphatic rings. The number of nitrogens with one attached hydrogen (secondary N) is 1. The zero-order chi connectivity index (χ0) is 12.3. The molecule has 3 nitrogen and oxygen atoms in total. The standard InChI is InChI=1S/C13H16INO2/c1-9-5-4-8-11(12(9)14)13(16)15-17-10-6-2-3-7-10/h4-5,8,10H,2-3,6-7H2,1H3,(H,15,16). The maximum Gasteiger partial charge on any atom is 0.275 e. The lowest BCUT2D eigenvalue weighted by molar-refractivity contribution is -0.0125. The van der Waals surface area contributed by atoms with Crippen LogP contribution in [0.15, 0.2) is 18.2 Å². The highest BCUT2D eigenvalue weighted by Crippen LogP contribution is 2.20. The summed E-state index contributed by atoms with van der Waals surface area (Å²) in [5.41, 5.74) is 4.36. The fourth-order valence-corrected chi connectivity index (χ4v) is 2.63. The Balaban J connectivity index is 1.97. The third-order valence-electron chi connectivity index (χ3n) is 3.06. The Bertz CT molecular complexity index is 414. The minimum atomic E-state index is -0.148. The average molecular weight is 345 g/mol. The van der Waals surface area contributed by atoms with Crippen LogP contribution in [0.4, 0.5) is 0 Å². The van der Waals surface area contributed by atoms with E-state index in [1.165, 1.54) is 12.8 Å². The second-order valence-electron chi connectivity index (χ2n) is 4.39. The van der Waals surface area contributed by atoms with E-state index in [9.17, 15) is 4.79 Å². The summed E-state index contributed by atoms with van der Waals surface area (Å²) in [7, 11) is 0. The van der Waals surface area contributed by atoms with Crippen LogP contribution >= 0.6 is 22.6 Å². The van der Waals surface area contributed by atoms with Gasteiger partial charge in [-0.3, -0.25) is 9.63 Å². The van der Waals surface area contributed by atoms with Crippen LogP contribution in [0.3, 0.4) is 0 Å². The monoisotopic (exact) mass is 345 g/mol. The third-order valence-corrected chi connectivity index (χ3v) is 4.49. The quantitative estimate of drug-likeness (QED) is 0.675. The van der Waals surface area contributed by atoms with Gasteiger partial charge in [-0.2, -0.15) is 0 Å². The lowest BCUT2D eigenvalue weighted by Gasteiger charge is -2.12. The van der Waals surface area contributed by atoms with E-state index in [-0.39, 0.29) is 12.0 Å². The molecule has 0 spiro atoms. The molecule has 1 saturated carbocycles. The Morgan fingerprint density at radius 1 is 1.41 bits per heavy atom. The van der Waals surface area contributed by atoms with E-state index in [4.69, 9.17) is 4.84 Å². The van der Waals surface area contributed by atoms with E-state index in [0.29, 0.717) is 5.56 Å². The largest absolute Gasteiger partial charge is 0.275 e. The first-order chi connectivity index (χ1) is 8.18. The first kappa shape index (κ1) is 12.8. The van der Waals surface area contributed by atoms with Crippen molar-refractivity contribution in [2.75, 3.05) is 0 Å². The Labute approximate surface area is 115 Å². The van der Waals surface area contributed by atoms with Crippen molar-refractivity contribution in [3.05, 3.63) is 32.9 Å². The van der Waals surface area contributed by atoms with Gasteiger partial charge in [-0.25, -0.2) is 5.48 Å². The molecule has 1 aromatic carbocycles. The molecule has 0 saturated heterocycles. The van der Waals surface area contributed by atoms with Gasteiger partial charge in [0, 0.05) is 3.57 Å². The number of amides is 1. The second-order valence-corrected chi connectivity index (χ2v) is 5.47. The van der Waals surface area contributed by atoms with Crippen molar-refractivity contribution in [1.29, 1.82) is 0 Å². The predicted molar refractivity (Wildman–Crippen MR) is 74.7 cm³/mol. The average Bonchev–Trinajstić information content (AvgIpc) is 2.82. The maximum atomic E-state index is 11.9. The number of aryl methyl sites for hydroxylation is 1. The molecule has 0 bridgehead atoms. The molecule has 0 unspecified atom stereocenters. The minimum Gasteiger partial charge on any atom is -0.270 e. The summed E-state index contributed by atoms with van der Waals surface area (Å²) in [4.78, 5) is 17.3. The van der Waals surface area contributed by atoms with Gasteiger partial charge in [-0.1, -0.05) is 25.0 Å². The lowest BCUT2D eigenvalue weighted by atomic mass is 10.1. The molecular weight excluding hydrogens is 329 g/mol. The number of hydroxylamine groups is 1. The van der Waals surface area contributed by atoms with Gasteiger partial charge in [0.1, 0.15) is 0 Å². The number of rotatable bonds is 3. The highest BCUT2D eigenvalue weighted by atomic mass is 127. The van der Waals surface area contributed by atoms with Crippen LogP contribution in [0.1, 0.15) is 41.6 Å². The van der Waals surface area contributed by atoms with Crippen LogP contribution in [0.5, 0.6) is 0 Å². The summed E-state index contributed by atoms with van der Waals surface area (Å²) in [6.45, 7) is 2.00. The zero-order valence-corrected chi connectivity index (χ0v) is 12.0. The highest BCUT2D eigenvalue weighted by molar-refractivity contribution is 14.1. The third kappa shape index (κ3) is 3.19. The van der Waals surface area contributed by atoms with Crippen LogP contribution in [-0.2, 0) is 4.84 Å². The molecule has 92 valence electrons. The van der Waals surface area contributed by atoms with Crippen LogP contribution < -0.4 is 5.48 Å². The molecule has 2 rings (SSSR count). The van der Waals surface area contributed by atoms with Gasteiger partial charge in [0.25, 0.3) is 5.91 Å². The summed E-state index contributed by atoms with van der Waals surface area (Å²) in [6, 6.07) is 5.71. The Hall–Kier alpha value is -0.620. The van der Waals surface area contributed by atoms with E-state index in [1.54, 1.807) is 0 Å². The van der Waals surface area contributed by atoms with Gasteiger partial charge < -0.3 is 0 Å². The van der Waals surface area contributed by atoms with E-state index in [0.717, 1.165) is 22.0 Å². The number of benzene rings is 1. The maximum absolute atomic E-state index is 11.9. The predicted octanol–water partition coefficient (Wildman–Crippen LogP) is 3.20. The second kappa shape index (κ2) is 5.82. The number of carbonyl (C=O) groups excluding carboxylic acids is 1. The molecule has 1 aromatic rings. The van der Waals surface area contributed by atoms with E-state index in [1.807, 2.05) is 25.1 Å². The van der Waals surface area contributed by atoms with Gasteiger partial charge in [-0.15, -0.1) is 0 Å². The van der Waals surface area contributed by atoms with Crippen LogP contribution in [0.2, 0.25) is 0 Å². The van der Waals surface area contributed by atoms with E-state index < -0.39 is 0 Å². The summed E-state index contributed by atoms with van der Waals surface area (Å²) in [5.74, 6) is -0.148. The summed E-state index contributed by atoms with van der Waals surface area (Å²) in [6.07, 6.45) is 4.68. The molecule has 0 heterocycles. The normalized spacial score (nSPS) is 16.1. The van der Waals surface area contributed by atoms with Gasteiger partial charge in [0.15, 0.2) is 0 Å². The van der Waals surface area contributed by atoms with Gasteiger partial charge in [0.2, 0.25) is 0 Å². The van der Waals surface area contributed by atoms with Gasteiger partial charge in [0.05, 0.1) is 11.7 Å². The highest BCUT2D eigenvalue weighted by Gasteiger charge is 2.18. The molecule has 0 aromatic heterocycles. The van der Waals surface area contributed by atoms with E-state index >= 15 is 0 Å². The summed E-state index contributed by atoms with van der Waals surface area (Å²) >= 11 is 2.19. The molecular formula is C13H16INO2. The fourth-order valence-electron chi connectivity index (χ4n) is 2.02. The summed E-state index contributed by atoms with van der Waals surface area (Å²) < 4.78 is 0.984. The number of hydrogen-bond donors (Lipinski definition) is 1. The minimum absolute atomic E-state index is 0.148. The van der Waals surface area contributed by atoms with Crippen molar-refractivity contribution >= 4 is 28.5 Å². The molecule has 1 amide bonds. The molecule has 4 heteroatoms. The van der Waals surface area contributed by atoms with Crippen LogP contribution in [-0.4, -0.2) is 12.0 Å². The zero-order valence-electron chi connectivity index (χ0n) is 9.83. The van der Waals surface area contributed by atoms with Crippen molar-refractivity contribution < 1.29 is 9.63 Å². The number of carbonyl (C=O) groups is 1. The SMILES string of the molecule is Cc1cccc(C(=O)NOC2CCCC2)c1I. The molecule has 1 N–H and O–H groups in total. The first-order valence-electron chi connectivity index (χ1n) is 5.89. The van der Waals surface area contributed by atoms with Crippen molar-refractivity contribution in [3.63, 3.8) is 0 Å². The fraction of sp³-hybridized carbons (Fsp3) is 0.462.